The third kappa shape index (κ3) is 6.44. The Morgan fingerprint density at radius 1 is 0.266 bits per heavy atom. The van der Waals surface area contributed by atoms with Gasteiger partial charge in [-0.2, -0.15) is 0 Å². The summed E-state index contributed by atoms with van der Waals surface area (Å²) in [5, 5.41) is 7.51. The van der Waals surface area contributed by atoms with Crippen LogP contribution in [-0.2, 0) is 0 Å². The summed E-state index contributed by atoms with van der Waals surface area (Å²) in [4.78, 5) is 2.45. The van der Waals surface area contributed by atoms with Crippen LogP contribution in [0, 0.1) is 0 Å². The summed E-state index contributed by atoms with van der Waals surface area (Å²) in [5.74, 6) is 0. The van der Waals surface area contributed by atoms with Crippen LogP contribution in [0.25, 0.3) is 93.5 Å². The number of anilines is 3. The van der Waals surface area contributed by atoms with Crippen molar-refractivity contribution in [2.24, 2.45) is 0 Å². The van der Waals surface area contributed by atoms with Gasteiger partial charge in [0, 0.05) is 33.3 Å². The summed E-state index contributed by atoms with van der Waals surface area (Å²) in [5.41, 5.74) is 16.1. The van der Waals surface area contributed by atoms with E-state index in [4.69, 9.17) is 0 Å². The third-order valence-corrected chi connectivity index (χ3v) is 12.8. The Bertz CT molecular complexity index is 3620. The minimum absolute atomic E-state index is 1.08. The van der Waals surface area contributed by atoms with Crippen LogP contribution in [0.15, 0.2) is 255 Å². The lowest BCUT2D eigenvalue weighted by Crippen LogP contribution is -2.12. The molecule has 0 saturated carbocycles. The third-order valence-electron chi connectivity index (χ3n) is 12.8. The normalized spacial score (nSPS) is 11.4. The van der Waals surface area contributed by atoms with E-state index >= 15 is 0 Å². The van der Waals surface area contributed by atoms with Gasteiger partial charge in [-0.15, -0.1) is 0 Å². The Hall–Kier alpha value is -8.46. The molecule has 0 bridgehead atoms. The van der Waals surface area contributed by atoms with E-state index in [0.29, 0.717) is 0 Å². The second kappa shape index (κ2) is 15.8. The number of para-hydroxylation sites is 3. The number of nitrogens with zero attached hydrogens (tertiary/aromatic N) is 2. The van der Waals surface area contributed by atoms with Crippen molar-refractivity contribution in [1.82, 2.24) is 4.57 Å². The predicted octanol–water partition coefficient (Wildman–Crippen LogP) is 17.2. The van der Waals surface area contributed by atoms with Gasteiger partial charge in [0.25, 0.3) is 0 Å². The van der Waals surface area contributed by atoms with Gasteiger partial charge in [-0.05, 0) is 116 Å². The summed E-state index contributed by atoms with van der Waals surface area (Å²) in [6, 6.07) is 92.8. The largest absolute Gasteiger partial charge is 0.310 e. The second-order valence-electron chi connectivity index (χ2n) is 16.5. The molecule has 1 heterocycles. The van der Waals surface area contributed by atoms with E-state index in [0.717, 1.165) is 45.0 Å². The Morgan fingerprint density at radius 2 is 0.781 bits per heavy atom. The van der Waals surface area contributed by atoms with Crippen LogP contribution < -0.4 is 4.90 Å². The van der Waals surface area contributed by atoms with E-state index in [-0.39, 0.29) is 0 Å². The van der Waals surface area contributed by atoms with Crippen LogP contribution in [-0.4, -0.2) is 4.57 Å². The molecule has 0 spiro atoms. The molecule has 12 aromatic rings. The fourth-order valence-corrected chi connectivity index (χ4v) is 9.83. The average molecular weight is 815 g/mol. The van der Waals surface area contributed by atoms with Crippen LogP contribution in [0.1, 0.15) is 0 Å². The number of hydrogen-bond acceptors (Lipinski definition) is 1. The maximum absolute atomic E-state index is 2.45. The first-order chi connectivity index (χ1) is 31.8. The van der Waals surface area contributed by atoms with Gasteiger partial charge in [0.2, 0.25) is 0 Å². The zero-order chi connectivity index (χ0) is 42.4. The summed E-state index contributed by atoms with van der Waals surface area (Å²) >= 11 is 0. The molecule has 64 heavy (non-hydrogen) atoms. The summed E-state index contributed by atoms with van der Waals surface area (Å²) < 4.78 is 2.43. The lowest BCUT2D eigenvalue weighted by Gasteiger charge is -2.29. The molecule has 0 saturated heterocycles. The number of aromatic nitrogens is 1. The fourth-order valence-electron chi connectivity index (χ4n) is 9.83. The first-order valence-corrected chi connectivity index (χ1v) is 22.0. The van der Waals surface area contributed by atoms with E-state index in [2.05, 4.69) is 264 Å². The Balaban J connectivity index is 1.09. The first kappa shape index (κ1) is 37.3. The lowest BCUT2D eigenvalue weighted by molar-refractivity contribution is 1.18. The van der Waals surface area contributed by atoms with Gasteiger partial charge in [-0.1, -0.05) is 194 Å². The molecule has 0 aliphatic heterocycles. The number of fused-ring (bicyclic) bond motifs is 6. The fraction of sp³-hybridized carbons (Fsp3) is 0. The Labute approximate surface area is 373 Å². The molecule has 0 N–H and O–H groups in total. The van der Waals surface area contributed by atoms with Crippen molar-refractivity contribution >= 4 is 60.4 Å². The molecule has 0 fully saturated rings. The smallest absolute Gasteiger partial charge is 0.0541 e. The molecule has 0 aliphatic rings. The molecule has 11 aromatic carbocycles. The van der Waals surface area contributed by atoms with Gasteiger partial charge in [0.15, 0.2) is 0 Å². The highest BCUT2D eigenvalue weighted by atomic mass is 15.1. The molecule has 0 amide bonds. The van der Waals surface area contributed by atoms with Gasteiger partial charge in [0.05, 0.1) is 22.4 Å². The van der Waals surface area contributed by atoms with Crippen molar-refractivity contribution in [2.45, 2.75) is 0 Å². The molecule has 300 valence electrons. The molecule has 0 radical (unpaired) electrons. The maximum atomic E-state index is 2.45. The monoisotopic (exact) mass is 814 g/mol. The zero-order valence-corrected chi connectivity index (χ0v) is 35.1. The highest BCUT2D eigenvalue weighted by molar-refractivity contribution is 6.14. The van der Waals surface area contributed by atoms with Gasteiger partial charge in [-0.3, -0.25) is 0 Å². The topological polar surface area (TPSA) is 8.17 Å². The van der Waals surface area contributed by atoms with E-state index in [1.165, 1.54) is 65.6 Å². The SMILES string of the molecule is c1ccc(-c2cccc(N(c3cccc(-c4cc5ccccc5c5ccccc45)c3)c3ccc(-c4ccccc4-n4c5ccccc5c5ccccc54)cc3-c3ccccc3)c2)cc1. The van der Waals surface area contributed by atoms with Crippen LogP contribution >= 0.6 is 0 Å². The standard InChI is InChI=1S/C62H42N2/c1-3-19-43(20-4-1)45-24-17-26-49(39-45)63(50-27-18-25-46(40-50)57-41-47-23-7-8-28-51(47)53-30-9-10-31-54(53)57)62-38-37-48(42-58(62)44-21-5-2-6-22-44)52-29-11-14-34-59(52)64-60-35-15-12-32-55(60)56-33-13-16-36-61(56)64/h1-42H. The first-order valence-electron chi connectivity index (χ1n) is 22.0. The molecule has 2 heteroatoms. The summed E-state index contributed by atoms with van der Waals surface area (Å²) in [6.07, 6.45) is 0. The Morgan fingerprint density at radius 3 is 1.50 bits per heavy atom. The molecule has 0 aliphatic carbocycles. The van der Waals surface area contributed by atoms with E-state index in [1.54, 1.807) is 0 Å². The second-order valence-corrected chi connectivity index (χ2v) is 16.5. The Kier molecular flexibility index (Phi) is 9.20. The van der Waals surface area contributed by atoms with Crippen molar-refractivity contribution in [3.05, 3.63) is 255 Å². The van der Waals surface area contributed by atoms with Crippen molar-refractivity contribution in [2.75, 3.05) is 4.90 Å². The van der Waals surface area contributed by atoms with Crippen molar-refractivity contribution < 1.29 is 0 Å². The highest BCUT2D eigenvalue weighted by Crippen LogP contribution is 2.46. The summed E-state index contributed by atoms with van der Waals surface area (Å²) in [7, 11) is 0. The minimum atomic E-state index is 1.08. The van der Waals surface area contributed by atoms with E-state index < -0.39 is 0 Å². The number of rotatable bonds is 8. The van der Waals surface area contributed by atoms with Gasteiger partial charge in [-0.25, -0.2) is 0 Å². The predicted molar refractivity (Wildman–Crippen MR) is 272 cm³/mol. The van der Waals surface area contributed by atoms with E-state index in [9.17, 15) is 0 Å². The van der Waals surface area contributed by atoms with Crippen LogP contribution in [0.4, 0.5) is 17.1 Å². The van der Waals surface area contributed by atoms with Gasteiger partial charge < -0.3 is 9.47 Å². The zero-order valence-electron chi connectivity index (χ0n) is 35.1. The highest BCUT2D eigenvalue weighted by Gasteiger charge is 2.22. The lowest BCUT2D eigenvalue weighted by atomic mass is 9.92. The molecule has 0 unspecified atom stereocenters. The molecule has 0 atom stereocenters. The average Bonchev–Trinajstić information content (AvgIpc) is 3.71. The number of benzene rings is 11. The van der Waals surface area contributed by atoms with Gasteiger partial charge in [0.1, 0.15) is 0 Å². The molecule has 2 nitrogen and oxygen atoms in total. The van der Waals surface area contributed by atoms with Crippen molar-refractivity contribution in [3.63, 3.8) is 0 Å². The maximum Gasteiger partial charge on any atom is 0.0541 e. The van der Waals surface area contributed by atoms with Crippen molar-refractivity contribution in [1.29, 1.82) is 0 Å². The van der Waals surface area contributed by atoms with Gasteiger partial charge >= 0.3 is 0 Å². The van der Waals surface area contributed by atoms with E-state index in [1.807, 2.05) is 0 Å². The molecule has 12 rings (SSSR count). The van der Waals surface area contributed by atoms with Crippen molar-refractivity contribution in [3.8, 4) is 50.2 Å². The summed E-state index contributed by atoms with van der Waals surface area (Å²) in [6.45, 7) is 0. The molecule has 1 aromatic heterocycles. The quantitative estimate of drug-likeness (QED) is 0.139. The van der Waals surface area contributed by atoms with Crippen LogP contribution in [0.5, 0.6) is 0 Å². The number of hydrogen-bond donors (Lipinski definition) is 0. The molecular weight excluding hydrogens is 773 g/mol. The minimum Gasteiger partial charge on any atom is -0.310 e. The molecular formula is C62H42N2. The van der Waals surface area contributed by atoms with Crippen LogP contribution in [0.3, 0.4) is 0 Å². The van der Waals surface area contributed by atoms with Crippen LogP contribution in [0.2, 0.25) is 0 Å².